The first-order valence-corrected chi connectivity index (χ1v) is 7.11. The maximum Gasteiger partial charge on any atom is 0.269 e. The van der Waals surface area contributed by atoms with Crippen molar-refractivity contribution in [2.75, 3.05) is 6.61 Å². The summed E-state index contributed by atoms with van der Waals surface area (Å²) in [6, 6.07) is 10.6. The number of ether oxygens (including phenoxy) is 1. The van der Waals surface area contributed by atoms with Gasteiger partial charge >= 0.3 is 0 Å². The molecule has 23 heavy (non-hydrogen) atoms. The van der Waals surface area contributed by atoms with E-state index >= 15 is 0 Å². The van der Waals surface area contributed by atoms with Crippen LogP contribution in [0.25, 0.3) is 0 Å². The molecule has 0 saturated heterocycles. The molecule has 0 aromatic heterocycles. The van der Waals surface area contributed by atoms with Crippen molar-refractivity contribution in [1.29, 1.82) is 0 Å². The van der Waals surface area contributed by atoms with Gasteiger partial charge in [-0.15, -0.1) is 0 Å². The van der Waals surface area contributed by atoms with Gasteiger partial charge in [0, 0.05) is 11.1 Å². The van der Waals surface area contributed by atoms with Gasteiger partial charge in [0.1, 0.15) is 11.6 Å². The van der Waals surface area contributed by atoms with E-state index in [0.717, 1.165) is 6.07 Å². The van der Waals surface area contributed by atoms with Crippen molar-refractivity contribution in [2.24, 2.45) is 0 Å². The number of carbonyl (C=O) groups excluding carboxylic acids is 2. The van der Waals surface area contributed by atoms with E-state index in [0.29, 0.717) is 23.5 Å². The molecule has 0 aliphatic heterocycles. The lowest BCUT2D eigenvalue weighted by molar-refractivity contribution is 0.0846. The second-order valence-electron chi connectivity index (χ2n) is 4.83. The van der Waals surface area contributed by atoms with Gasteiger partial charge in [0.2, 0.25) is 0 Å². The van der Waals surface area contributed by atoms with E-state index in [1.165, 1.54) is 12.1 Å². The van der Waals surface area contributed by atoms with Crippen molar-refractivity contribution in [1.82, 2.24) is 10.9 Å². The molecule has 0 aliphatic carbocycles. The Morgan fingerprint density at radius 3 is 2.13 bits per heavy atom. The van der Waals surface area contributed by atoms with E-state index in [-0.39, 0.29) is 5.56 Å². The van der Waals surface area contributed by atoms with Crippen LogP contribution in [0.5, 0.6) is 5.75 Å². The van der Waals surface area contributed by atoms with E-state index in [4.69, 9.17) is 4.74 Å². The molecule has 2 rings (SSSR count). The highest BCUT2D eigenvalue weighted by molar-refractivity contribution is 5.99. The minimum Gasteiger partial charge on any atom is -0.494 e. The molecule has 2 aromatic carbocycles. The van der Waals surface area contributed by atoms with Crippen molar-refractivity contribution in [3.8, 4) is 5.75 Å². The molecule has 0 bridgehead atoms. The monoisotopic (exact) mass is 316 g/mol. The van der Waals surface area contributed by atoms with Gasteiger partial charge in [0.15, 0.2) is 0 Å². The van der Waals surface area contributed by atoms with Gasteiger partial charge in [-0.2, -0.15) is 0 Å². The van der Waals surface area contributed by atoms with Crippen LogP contribution in [-0.4, -0.2) is 18.4 Å². The first-order chi connectivity index (χ1) is 11.0. The molecule has 2 aromatic rings. The van der Waals surface area contributed by atoms with Crippen LogP contribution < -0.4 is 15.6 Å². The van der Waals surface area contributed by atoms with Crippen LogP contribution in [0.3, 0.4) is 0 Å². The molecule has 0 spiro atoms. The molecular weight excluding hydrogens is 299 g/mol. The quantitative estimate of drug-likeness (QED) is 0.852. The predicted molar refractivity (Wildman–Crippen MR) is 83.7 cm³/mol. The summed E-state index contributed by atoms with van der Waals surface area (Å²) >= 11 is 0. The average Bonchev–Trinajstić information content (AvgIpc) is 2.56. The Hall–Kier alpha value is -2.89. The summed E-state index contributed by atoms with van der Waals surface area (Å²) in [5.41, 5.74) is 5.46. The number of hydrogen-bond acceptors (Lipinski definition) is 3. The number of halogens is 1. The Bertz CT molecular complexity index is 714. The van der Waals surface area contributed by atoms with Crippen molar-refractivity contribution < 1.29 is 18.7 Å². The number of benzene rings is 2. The third kappa shape index (κ3) is 4.29. The molecule has 0 heterocycles. The maximum absolute atomic E-state index is 13.4. The van der Waals surface area contributed by atoms with Crippen molar-refractivity contribution in [2.45, 2.75) is 13.8 Å². The van der Waals surface area contributed by atoms with E-state index in [1.54, 1.807) is 31.2 Å². The van der Waals surface area contributed by atoms with Crippen LogP contribution in [0.1, 0.15) is 33.2 Å². The molecule has 0 unspecified atom stereocenters. The van der Waals surface area contributed by atoms with Crippen molar-refractivity contribution in [3.05, 3.63) is 65.0 Å². The average molecular weight is 316 g/mol. The molecule has 6 heteroatoms. The topological polar surface area (TPSA) is 67.4 Å². The lowest BCUT2D eigenvalue weighted by Crippen LogP contribution is -2.41. The molecule has 0 saturated carbocycles. The fourth-order valence-electron chi connectivity index (χ4n) is 1.86. The third-order valence-corrected chi connectivity index (χ3v) is 3.15. The predicted octanol–water partition coefficient (Wildman–Crippen LogP) is 2.61. The fourth-order valence-corrected chi connectivity index (χ4v) is 1.86. The molecule has 120 valence electrons. The SMILES string of the molecule is CCOc1ccc(C(=O)NNC(=O)c2ccc(C)c(F)c2)cc1. The van der Waals surface area contributed by atoms with Crippen LogP contribution in [-0.2, 0) is 0 Å². The lowest BCUT2D eigenvalue weighted by atomic mass is 10.1. The van der Waals surface area contributed by atoms with Gasteiger partial charge in [-0.1, -0.05) is 6.07 Å². The summed E-state index contributed by atoms with van der Waals surface area (Å²) in [7, 11) is 0. The molecule has 0 atom stereocenters. The normalized spacial score (nSPS) is 10.0. The number of hydrogen-bond donors (Lipinski definition) is 2. The number of hydrazine groups is 1. The third-order valence-electron chi connectivity index (χ3n) is 3.15. The second-order valence-corrected chi connectivity index (χ2v) is 4.83. The Morgan fingerprint density at radius 1 is 1.00 bits per heavy atom. The Balaban J connectivity index is 1.95. The largest absolute Gasteiger partial charge is 0.494 e. The number of rotatable bonds is 4. The summed E-state index contributed by atoms with van der Waals surface area (Å²) in [4.78, 5) is 23.8. The van der Waals surface area contributed by atoms with Gasteiger partial charge in [-0.3, -0.25) is 20.4 Å². The minimum absolute atomic E-state index is 0.125. The van der Waals surface area contributed by atoms with Gasteiger partial charge in [-0.05, 0) is 55.8 Å². The van der Waals surface area contributed by atoms with Crippen LogP contribution in [0.15, 0.2) is 42.5 Å². The van der Waals surface area contributed by atoms with Crippen LogP contribution in [0.4, 0.5) is 4.39 Å². The van der Waals surface area contributed by atoms with E-state index < -0.39 is 17.6 Å². The Labute approximate surface area is 133 Å². The van der Waals surface area contributed by atoms with Gasteiger partial charge in [0.25, 0.3) is 11.8 Å². The van der Waals surface area contributed by atoms with Crippen molar-refractivity contribution >= 4 is 11.8 Å². The molecule has 0 radical (unpaired) electrons. The summed E-state index contributed by atoms with van der Waals surface area (Å²) < 4.78 is 18.7. The first kappa shape index (κ1) is 16.5. The zero-order valence-electron chi connectivity index (χ0n) is 12.9. The van der Waals surface area contributed by atoms with E-state index in [9.17, 15) is 14.0 Å². The molecule has 0 fully saturated rings. The zero-order valence-corrected chi connectivity index (χ0v) is 12.9. The van der Waals surface area contributed by atoms with E-state index in [1.807, 2.05) is 6.92 Å². The highest BCUT2D eigenvalue weighted by Crippen LogP contribution is 2.12. The summed E-state index contributed by atoms with van der Waals surface area (Å²) in [6.45, 7) is 4.00. The van der Waals surface area contributed by atoms with Crippen molar-refractivity contribution in [3.63, 3.8) is 0 Å². The standard InChI is InChI=1S/C17H17FN2O3/c1-3-23-14-8-6-12(7-9-14)16(21)19-20-17(22)13-5-4-11(2)15(18)10-13/h4-10H,3H2,1-2H3,(H,19,21)(H,20,22). The fraction of sp³-hybridized carbons (Fsp3) is 0.176. The Kier molecular flexibility index (Phi) is 5.30. The maximum atomic E-state index is 13.4. The highest BCUT2D eigenvalue weighted by atomic mass is 19.1. The lowest BCUT2D eigenvalue weighted by Gasteiger charge is -2.09. The highest BCUT2D eigenvalue weighted by Gasteiger charge is 2.10. The van der Waals surface area contributed by atoms with Gasteiger partial charge in [-0.25, -0.2) is 4.39 Å². The number of nitrogens with one attached hydrogen (secondary N) is 2. The molecule has 5 nitrogen and oxygen atoms in total. The first-order valence-electron chi connectivity index (χ1n) is 7.11. The molecule has 0 aliphatic rings. The molecule has 2 amide bonds. The zero-order chi connectivity index (χ0) is 16.8. The van der Waals surface area contributed by atoms with Gasteiger partial charge in [0.05, 0.1) is 6.61 Å². The summed E-state index contributed by atoms with van der Waals surface area (Å²) in [5, 5.41) is 0. The van der Waals surface area contributed by atoms with Gasteiger partial charge < -0.3 is 4.74 Å². The Morgan fingerprint density at radius 2 is 1.57 bits per heavy atom. The second kappa shape index (κ2) is 7.40. The smallest absolute Gasteiger partial charge is 0.269 e. The number of aryl methyl sites for hydroxylation is 1. The van der Waals surface area contributed by atoms with Crippen LogP contribution in [0.2, 0.25) is 0 Å². The molecule has 2 N–H and O–H groups in total. The van der Waals surface area contributed by atoms with Crippen LogP contribution in [0, 0.1) is 12.7 Å². The minimum atomic E-state index is -0.594. The van der Waals surface area contributed by atoms with E-state index in [2.05, 4.69) is 10.9 Å². The number of amides is 2. The molecular formula is C17H17FN2O3. The summed E-state index contributed by atoms with van der Waals surface area (Å²) in [5.74, 6) is -0.893. The number of carbonyl (C=O) groups is 2. The van der Waals surface area contributed by atoms with Crippen LogP contribution >= 0.6 is 0 Å². The summed E-state index contributed by atoms with van der Waals surface area (Å²) in [6.07, 6.45) is 0.